The van der Waals surface area contributed by atoms with Gasteiger partial charge in [-0.25, -0.2) is 0 Å². The number of hydrogen-bond acceptors (Lipinski definition) is 1. The first-order valence-electron chi connectivity index (χ1n) is 8.51. The van der Waals surface area contributed by atoms with Crippen LogP contribution in [0.2, 0.25) is 0 Å². The highest BCUT2D eigenvalue weighted by Crippen LogP contribution is 2.32. The molecule has 0 heterocycles. The first kappa shape index (κ1) is 16.8. The van der Waals surface area contributed by atoms with Crippen molar-refractivity contribution >= 4 is 11.6 Å². The number of aryl methyl sites for hydroxylation is 1. The van der Waals surface area contributed by atoms with Crippen molar-refractivity contribution in [2.45, 2.75) is 46.6 Å². The Morgan fingerprint density at radius 2 is 2.00 bits per heavy atom. The molecule has 0 saturated heterocycles. The third-order valence-electron chi connectivity index (χ3n) is 4.31. The normalized spacial score (nSPS) is 21.4. The van der Waals surface area contributed by atoms with Gasteiger partial charge in [-0.1, -0.05) is 69.4 Å². The molecule has 2 unspecified atom stereocenters. The molecule has 1 aromatic carbocycles. The second kappa shape index (κ2) is 8.14. The van der Waals surface area contributed by atoms with Crippen LogP contribution in [0.3, 0.4) is 0 Å². The van der Waals surface area contributed by atoms with Gasteiger partial charge in [-0.15, -0.1) is 0 Å². The fourth-order valence-corrected chi connectivity index (χ4v) is 3.01. The highest BCUT2D eigenvalue weighted by molar-refractivity contribution is 5.72. The summed E-state index contributed by atoms with van der Waals surface area (Å²) < 4.78 is 5.84. The van der Waals surface area contributed by atoms with Gasteiger partial charge in [-0.3, -0.25) is 0 Å². The molecule has 1 heteroatoms. The van der Waals surface area contributed by atoms with Gasteiger partial charge in [-0.05, 0) is 42.0 Å². The van der Waals surface area contributed by atoms with Crippen molar-refractivity contribution in [2.24, 2.45) is 5.92 Å². The van der Waals surface area contributed by atoms with Crippen molar-refractivity contribution in [3.05, 3.63) is 59.2 Å². The third kappa shape index (κ3) is 3.78. The standard InChI is InChI=1S/C21H28O/c1-5-8-10-18-13-14-19(15-17(18)6-2)20-11-9-12-21(16(20)4)22-7-3/h8-16,21H,5-7H2,1-4H3. The lowest BCUT2D eigenvalue weighted by molar-refractivity contribution is 0.0744. The summed E-state index contributed by atoms with van der Waals surface area (Å²) in [5, 5.41) is 0. The van der Waals surface area contributed by atoms with E-state index in [0.29, 0.717) is 5.92 Å². The van der Waals surface area contributed by atoms with Crippen LogP contribution in [0.15, 0.2) is 42.5 Å². The van der Waals surface area contributed by atoms with Crippen LogP contribution in [-0.2, 0) is 11.2 Å². The van der Waals surface area contributed by atoms with E-state index in [0.717, 1.165) is 19.4 Å². The van der Waals surface area contributed by atoms with Crippen LogP contribution in [0.4, 0.5) is 0 Å². The van der Waals surface area contributed by atoms with Gasteiger partial charge in [0.1, 0.15) is 0 Å². The molecule has 118 valence electrons. The monoisotopic (exact) mass is 296 g/mol. The van der Waals surface area contributed by atoms with E-state index in [4.69, 9.17) is 4.74 Å². The number of hydrogen-bond donors (Lipinski definition) is 0. The largest absolute Gasteiger partial charge is 0.374 e. The molecule has 0 N–H and O–H groups in total. The van der Waals surface area contributed by atoms with Crippen LogP contribution >= 0.6 is 0 Å². The number of ether oxygens (including phenoxy) is 1. The minimum atomic E-state index is 0.190. The molecule has 1 nitrogen and oxygen atoms in total. The van der Waals surface area contributed by atoms with Crippen LogP contribution < -0.4 is 0 Å². The average Bonchev–Trinajstić information content (AvgIpc) is 2.55. The Labute approximate surface area is 135 Å². The van der Waals surface area contributed by atoms with Crippen LogP contribution in [0, 0.1) is 5.92 Å². The SMILES string of the molecule is CCC=Cc1ccc(C2=CC=CC(OCC)C2C)cc1CC. The number of allylic oxidation sites excluding steroid dienone is 3. The first-order chi connectivity index (χ1) is 10.7. The molecule has 0 amide bonds. The Balaban J connectivity index is 2.31. The van der Waals surface area contributed by atoms with Gasteiger partial charge < -0.3 is 4.74 Å². The van der Waals surface area contributed by atoms with Gasteiger partial charge in [0, 0.05) is 12.5 Å². The summed E-state index contributed by atoms with van der Waals surface area (Å²) >= 11 is 0. The topological polar surface area (TPSA) is 9.23 Å². The minimum Gasteiger partial charge on any atom is -0.374 e. The van der Waals surface area contributed by atoms with Crippen LogP contribution in [0.5, 0.6) is 0 Å². The Morgan fingerprint density at radius 1 is 1.18 bits per heavy atom. The molecule has 2 atom stereocenters. The lowest BCUT2D eigenvalue weighted by Gasteiger charge is -2.27. The molecule has 0 aromatic heterocycles. The van der Waals surface area contributed by atoms with Gasteiger partial charge in [0.2, 0.25) is 0 Å². The summed E-state index contributed by atoms with van der Waals surface area (Å²) in [4.78, 5) is 0. The molecular formula is C21H28O. The maximum atomic E-state index is 5.84. The van der Waals surface area contributed by atoms with E-state index in [-0.39, 0.29) is 6.10 Å². The third-order valence-corrected chi connectivity index (χ3v) is 4.31. The van der Waals surface area contributed by atoms with Crippen molar-refractivity contribution in [2.75, 3.05) is 6.61 Å². The molecule has 2 rings (SSSR count). The molecule has 0 saturated carbocycles. The summed E-state index contributed by atoms with van der Waals surface area (Å²) in [6.07, 6.45) is 13.3. The Morgan fingerprint density at radius 3 is 2.68 bits per heavy atom. The molecule has 0 bridgehead atoms. The molecule has 1 aliphatic rings. The molecule has 0 fully saturated rings. The van der Waals surface area contributed by atoms with Gasteiger partial charge in [0.15, 0.2) is 0 Å². The first-order valence-corrected chi connectivity index (χ1v) is 8.51. The zero-order valence-electron chi connectivity index (χ0n) is 14.3. The highest BCUT2D eigenvalue weighted by Gasteiger charge is 2.22. The Kier molecular flexibility index (Phi) is 6.21. The smallest absolute Gasteiger partial charge is 0.0824 e. The van der Waals surface area contributed by atoms with Gasteiger partial charge >= 0.3 is 0 Å². The second-order valence-electron chi connectivity index (χ2n) is 5.79. The molecule has 0 spiro atoms. The predicted molar refractivity (Wildman–Crippen MR) is 96.8 cm³/mol. The van der Waals surface area contributed by atoms with E-state index in [1.54, 1.807) is 0 Å². The molecular weight excluding hydrogens is 268 g/mol. The molecule has 22 heavy (non-hydrogen) atoms. The zero-order valence-corrected chi connectivity index (χ0v) is 14.3. The molecule has 1 aliphatic carbocycles. The summed E-state index contributed by atoms with van der Waals surface area (Å²) in [7, 11) is 0. The van der Waals surface area contributed by atoms with Crippen LogP contribution in [0.1, 0.15) is 50.8 Å². The minimum absolute atomic E-state index is 0.190. The van der Waals surface area contributed by atoms with E-state index in [1.165, 1.54) is 22.3 Å². The van der Waals surface area contributed by atoms with E-state index >= 15 is 0 Å². The summed E-state index contributed by atoms with van der Waals surface area (Å²) in [5.74, 6) is 0.395. The Bertz CT molecular complexity index is 578. The number of rotatable bonds is 6. The molecule has 1 aromatic rings. The van der Waals surface area contributed by atoms with Crippen LogP contribution in [-0.4, -0.2) is 12.7 Å². The summed E-state index contributed by atoms with van der Waals surface area (Å²) in [5.41, 5.74) is 5.46. The molecule has 0 aliphatic heterocycles. The van der Waals surface area contributed by atoms with E-state index in [1.807, 2.05) is 0 Å². The van der Waals surface area contributed by atoms with E-state index < -0.39 is 0 Å². The van der Waals surface area contributed by atoms with Crippen molar-refractivity contribution in [1.29, 1.82) is 0 Å². The van der Waals surface area contributed by atoms with Gasteiger partial charge in [-0.2, -0.15) is 0 Å². The lowest BCUT2D eigenvalue weighted by atomic mass is 9.84. The Hall–Kier alpha value is -1.60. The highest BCUT2D eigenvalue weighted by atomic mass is 16.5. The maximum absolute atomic E-state index is 5.84. The van der Waals surface area contributed by atoms with E-state index in [9.17, 15) is 0 Å². The maximum Gasteiger partial charge on any atom is 0.0824 e. The van der Waals surface area contributed by atoms with Crippen molar-refractivity contribution in [3.8, 4) is 0 Å². The predicted octanol–water partition coefficient (Wildman–Crippen LogP) is 5.67. The second-order valence-corrected chi connectivity index (χ2v) is 5.79. The van der Waals surface area contributed by atoms with Crippen molar-refractivity contribution in [3.63, 3.8) is 0 Å². The fourth-order valence-electron chi connectivity index (χ4n) is 3.01. The lowest BCUT2D eigenvalue weighted by Crippen LogP contribution is -2.22. The summed E-state index contributed by atoms with van der Waals surface area (Å²) in [6, 6.07) is 6.85. The van der Waals surface area contributed by atoms with Gasteiger partial charge in [0.05, 0.1) is 6.10 Å². The van der Waals surface area contributed by atoms with E-state index in [2.05, 4.69) is 76.3 Å². The van der Waals surface area contributed by atoms with Crippen LogP contribution in [0.25, 0.3) is 11.6 Å². The van der Waals surface area contributed by atoms with Crippen molar-refractivity contribution in [1.82, 2.24) is 0 Å². The van der Waals surface area contributed by atoms with Gasteiger partial charge in [0.25, 0.3) is 0 Å². The average molecular weight is 296 g/mol. The zero-order chi connectivity index (χ0) is 15.9. The fraction of sp³-hybridized carbons (Fsp3) is 0.429. The van der Waals surface area contributed by atoms with Crippen molar-refractivity contribution < 1.29 is 4.74 Å². The molecule has 0 radical (unpaired) electrons. The number of benzene rings is 1. The summed E-state index contributed by atoms with van der Waals surface area (Å²) in [6.45, 7) is 9.47. The quantitative estimate of drug-likeness (QED) is 0.657.